The van der Waals surface area contributed by atoms with E-state index in [9.17, 15) is 4.39 Å². The Labute approximate surface area is 121 Å². The van der Waals surface area contributed by atoms with Crippen molar-refractivity contribution < 1.29 is 9.13 Å². The first-order chi connectivity index (χ1) is 9.38. The molecule has 3 N–H and O–H groups in total. The summed E-state index contributed by atoms with van der Waals surface area (Å²) in [5.41, 5.74) is 3.67. The molecular formula is C15H26FN3O. The Morgan fingerprint density at radius 3 is 2.50 bits per heavy atom. The van der Waals surface area contributed by atoms with E-state index in [4.69, 9.17) is 10.6 Å². The van der Waals surface area contributed by atoms with E-state index in [0.29, 0.717) is 6.42 Å². The Morgan fingerprint density at radius 2 is 2.10 bits per heavy atom. The van der Waals surface area contributed by atoms with Gasteiger partial charge in [-0.1, -0.05) is 13.0 Å². The molecular weight excluding hydrogens is 257 g/mol. The molecule has 2 atom stereocenters. The average molecular weight is 283 g/mol. The summed E-state index contributed by atoms with van der Waals surface area (Å²) in [6.45, 7) is 4.27. The van der Waals surface area contributed by atoms with Crippen molar-refractivity contribution in [2.24, 2.45) is 5.84 Å². The minimum absolute atomic E-state index is 0.0234. The summed E-state index contributed by atoms with van der Waals surface area (Å²) in [4.78, 5) is 2.15. The Morgan fingerprint density at radius 1 is 1.45 bits per heavy atom. The molecule has 0 saturated heterocycles. The second-order valence-corrected chi connectivity index (χ2v) is 5.50. The van der Waals surface area contributed by atoms with Gasteiger partial charge in [0.1, 0.15) is 0 Å². The standard InChI is InChI=1S/C15H26FN3O/c1-6-15(2,19(3)4)14(18-17)10-11-7-8-13(20-5)12(16)9-11/h7-9,14,18H,6,10,17H2,1-5H3. The molecule has 114 valence electrons. The van der Waals surface area contributed by atoms with Crippen LogP contribution in [0.5, 0.6) is 5.75 Å². The van der Waals surface area contributed by atoms with Crippen LogP contribution < -0.4 is 16.0 Å². The van der Waals surface area contributed by atoms with Crippen LogP contribution in [0.25, 0.3) is 0 Å². The van der Waals surface area contributed by atoms with Gasteiger partial charge in [0, 0.05) is 11.6 Å². The number of halogens is 1. The lowest BCUT2D eigenvalue weighted by Crippen LogP contribution is -2.59. The van der Waals surface area contributed by atoms with Crippen molar-refractivity contribution in [1.29, 1.82) is 0 Å². The van der Waals surface area contributed by atoms with E-state index in [1.54, 1.807) is 6.07 Å². The molecule has 0 saturated carbocycles. The molecule has 0 aliphatic heterocycles. The molecule has 0 bridgehead atoms. The van der Waals surface area contributed by atoms with Crippen LogP contribution in [0.3, 0.4) is 0 Å². The number of hydrogen-bond acceptors (Lipinski definition) is 4. The van der Waals surface area contributed by atoms with Crippen molar-refractivity contribution in [2.45, 2.75) is 38.3 Å². The van der Waals surface area contributed by atoms with Gasteiger partial charge in [0.15, 0.2) is 11.6 Å². The number of nitrogens with zero attached hydrogens (tertiary/aromatic N) is 1. The molecule has 0 radical (unpaired) electrons. The highest BCUT2D eigenvalue weighted by atomic mass is 19.1. The molecule has 5 heteroatoms. The SMILES string of the molecule is CCC(C)(C(Cc1ccc(OC)c(F)c1)NN)N(C)C. The number of ether oxygens (including phenoxy) is 1. The van der Waals surface area contributed by atoms with Crippen LogP contribution in [-0.2, 0) is 6.42 Å². The van der Waals surface area contributed by atoms with Crippen molar-refractivity contribution in [3.63, 3.8) is 0 Å². The van der Waals surface area contributed by atoms with Gasteiger partial charge in [-0.3, -0.25) is 11.3 Å². The Hall–Kier alpha value is -1.17. The molecule has 20 heavy (non-hydrogen) atoms. The van der Waals surface area contributed by atoms with Gasteiger partial charge < -0.3 is 9.64 Å². The first-order valence-corrected chi connectivity index (χ1v) is 6.85. The molecule has 0 aliphatic rings. The van der Waals surface area contributed by atoms with Crippen LogP contribution in [0.1, 0.15) is 25.8 Å². The third-order valence-electron chi connectivity index (χ3n) is 4.35. The van der Waals surface area contributed by atoms with Crippen molar-refractivity contribution in [1.82, 2.24) is 10.3 Å². The van der Waals surface area contributed by atoms with Crippen LogP contribution in [0.4, 0.5) is 4.39 Å². The zero-order chi connectivity index (χ0) is 15.3. The highest BCUT2D eigenvalue weighted by molar-refractivity contribution is 5.30. The number of nitrogens with two attached hydrogens (primary N) is 1. The minimum atomic E-state index is -0.344. The van der Waals surface area contributed by atoms with Gasteiger partial charge in [0.25, 0.3) is 0 Å². The van der Waals surface area contributed by atoms with E-state index in [2.05, 4.69) is 24.2 Å². The first kappa shape index (κ1) is 16.9. The fourth-order valence-corrected chi connectivity index (χ4v) is 2.41. The highest BCUT2D eigenvalue weighted by Crippen LogP contribution is 2.25. The maximum Gasteiger partial charge on any atom is 0.165 e. The molecule has 0 aliphatic carbocycles. The largest absolute Gasteiger partial charge is 0.494 e. The molecule has 0 aromatic heterocycles. The molecule has 0 spiro atoms. The molecule has 0 fully saturated rings. The minimum Gasteiger partial charge on any atom is -0.494 e. The summed E-state index contributed by atoms with van der Waals surface area (Å²) in [5.74, 6) is 5.64. The zero-order valence-electron chi connectivity index (χ0n) is 13.0. The first-order valence-electron chi connectivity index (χ1n) is 6.85. The molecule has 0 amide bonds. The Bertz CT molecular complexity index is 439. The van der Waals surface area contributed by atoms with Crippen molar-refractivity contribution in [3.05, 3.63) is 29.6 Å². The fourth-order valence-electron chi connectivity index (χ4n) is 2.41. The van der Waals surface area contributed by atoms with Gasteiger partial charge in [-0.05, 0) is 51.6 Å². The predicted molar refractivity (Wildman–Crippen MR) is 80.2 cm³/mol. The molecule has 4 nitrogen and oxygen atoms in total. The topological polar surface area (TPSA) is 50.5 Å². The summed E-state index contributed by atoms with van der Waals surface area (Å²) in [5, 5.41) is 0. The van der Waals surface area contributed by atoms with Crippen molar-refractivity contribution in [2.75, 3.05) is 21.2 Å². The maximum atomic E-state index is 13.8. The molecule has 1 aromatic carbocycles. The number of likely N-dealkylation sites (N-methyl/N-ethyl adjacent to an activating group) is 1. The van der Waals surface area contributed by atoms with Gasteiger partial charge in [0.05, 0.1) is 7.11 Å². The van der Waals surface area contributed by atoms with E-state index in [1.807, 2.05) is 20.2 Å². The molecule has 1 rings (SSSR count). The Balaban J connectivity index is 2.96. The number of hydrogen-bond donors (Lipinski definition) is 2. The Kier molecular flexibility index (Phi) is 5.92. The zero-order valence-corrected chi connectivity index (χ0v) is 13.0. The van der Waals surface area contributed by atoms with E-state index in [0.717, 1.165) is 12.0 Å². The van der Waals surface area contributed by atoms with Crippen molar-refractivity contribution >= 4 is 0 Å². The number of nitrogens with one attached hydrogen (secondary N) is 1. The third kappa shape index (κ3) is 3.48. The lowest BCUT2D eigenvalue weighted by molar-refractivity contribution is 0.112. The van der Waals surface area contributed by atoms with Crippen LogP contribution in [0, 0.1) is 5.82 Å². The van der Waals surface area contributed by atoms with E-state index < -0.39 is 0 Å². The second-order valence-electron chi connectivity index (χ2n) is 5.50. The van der Waals surface area contributed by atoms with Crippen LogP contribution >= 0.6 is 0 Å². The maximum absolute atomic E-state index is 13.8. The number of benzene rings is 1. The number of methoxy groups -OCH3 is 1. The predicted octanol–water partition coefficient (Wildman–Crippen LogP) is 1.94. The summed E-state index contributed by atoms with van der Waals surface area (Å²) >= 11 is 0. The molecule has 1 aromatic rings. The summed E-state index contributed by atoms with van der Waals surface area (Å²) in [6.07, 6.45) is 1.59. The quantitative estimate of drug-likeness (QED) is 0.593. The molecule has 2 unspecified atom stereocenters. The third-order valence-corrected chi connectivity index (χ3v) is 4.35. The van der Waals surface area contributed by atoms with E-state index >= 15 is 0 Å². The van der Waals surface area contributed by atoms with Crippen molar-refractivity contribution in [3.8, 4) is 5.75 Å². The van der Waals surface area contributed by atoms with E-state index in [-0.39, 0.29) is 23.1 Å². The monoisotopic (exact) mass is 283 g/mol. The normalized spacial score (nSPS) is 16.0. The van der Waals surface area contributed by atoms with Gasteiger partial charge in [-0.25, -0.2) is 4.39 Å². The van der Waals surface area contributed by atoms with Gasteiger partial charge >= 0.3 is 0 Å². The highest BCUT2D eigenvalue weighted by Gasteiger charge is 2.34. The molecule has 0 heterocycles. The number of hydrazine groups is 1. The smallest absolute Gasteiger partial charge is 0.165 e. The van der Waals surface area contributed by atoms with E-state index in [1.165, 1.54) is 13.2 Å². The summed E-state index contributed by atoms with van der Waals surface area (Å²) in [7, 11) is 5.52. The lowest BCUT2D eigenvalue weighted by Gasteiger charge is -2.42. The van der Waals surface area contributed by atoms with Gasteiger partial charge in [0.2, 0.25) is 0 Å². The van der Waals surface area contributed by atoms with Crippen LogP contribution in [0.15, 0.2) is 18.2 Å². The van der Waals surface area contributed by atoms with Crippen LogP contribution in [-0.4, -0.2) is 37.7 Å². The number of rotatable bonds is 7. The van der Waals surface area contributed by atoms with Crippen LogP contribution in [0.2, 0.25) is 0 Å². The second kappa shape index (κ2) is 7.02. The summed E-state index contributed by atoms with van der Waals surface area (Å²) in [6, 6.07) is 5.06. The average Bonchev–Trinajstić information content (AvgIpc) is 2.43. The van der Waals surface area contributed by atoms with Gasteiger partial charge in [-0.2, -0.15) is 0 Å². The summed E-state index contributed by atoms with van der Waals surface area (Å²) < 4.78 is 18.7. The lowest BCUT2D eigenvalue weighted by atomic mass is 9.84. The van der Waals surface area contributed by atoms with Gasteiger partial charge in [-0.15, -0.1) is 0 Å². The fraction of sp³-hybridized carbons (Fsp3) is 0.600.